The molecule has 2 rings (SSSR count). The average molecular weight is 309 g/mol. The molecule has 2 N–H and O–H groups in total. The molecule has 1 amide bonds. The monoisotopic (exact) mass is 309 g/mol. The van der Waals surface area contributed by atoms with Gasteiger partial charge in [-0.05, 0) is 43.6 Å². The highest BCUT2D eigenvalue weighted by Gasteiger charge is 2.22. The van der Waals surface area contributed by atoms with Gasteiger partial charge in [-0.25, -0.2) is 0 Å². The molecule has 1 fully saturated rings. The third-order valence-electron chi connectivity index (χ3n) is 3.89. The minimum absolute atomic E-state index is 0.0703. The molecule has 4 nitrogen and oxygen atoms in total. The summed E-state index contributed by atoms with van der Waals surface area (Å²) in [6.45, 7) is 1.96. The van der Waals surface area contributed by atoms with Crippen molar-refractivity contribution in [1.82, 2.24) is 5.32 Å². The van der Waals surface area contributed by atoms with Gasteiger partial charge in [-0.2, -0.15) is 0 Å². The van der Waals surface area contributed by atoms with E-state index in [0.717, 1.165) is 31.0 Å². The lowest BCUT2D eigenvalue weighted by atomic mass is 9.92. The third kappa shape index (κ3) is 4.73. The molecule has 0 aliphatic carbocycles. The van der Waals surface area contributed by atoms with E-state index < -0.39 is 0 Å². The smallest absolute Gasteiger partial charge is 0.252 e. The molecule has 1 aliphatic rings. The number of aliphatic hydroxyl groups is 1. The summed E-state index contributed by atoms with van der Waals surface area (Å²) in [6.07, 6.45) is 4.01. The van der Waals surface area contributed by atoms with E-state index in [2.05, 4.69) is 5.32 Å². The van der Waals surface area contributed by atoms with E-state index in [1.807, 2.05) is 30.5 Å². The van der Waals surface area contributed by atoms with Crippen molar-refractivity contribution in [2.45, 2.75) is 30.3 Å². The van der Waals surface area contributed by atoms with Crippen LogP contribution in [0.1, 0.15) is 29.6 Å². The van der Waals surface area contributed by atoms with Crippen LogP contribution in [0.4, 0.5) is 0 Å². The molecule has 21 heavy (non-hydrogen) atoms. The number of aliphatic hydroxyl groups excluding tert-OH is 1. The number of ether oxygens (including phenoxy) is 1. The first-order chi connectivity index (χ1) is 10.2. The maximum absolute atomic E-state index is 12.2. The summed E-state index contributed by atoms with van der Waals surface area (Å²) in [7, 11) is 0. The lowest BCUT2D eigenvalue weighted by Crippen LogP contribution is -2.32. The maximum atomic E-state index is 12.2. The van der Waals surface area contributed by atoms with Crippen LogP contribution in [0.25, 0.3) is 0 Å². The Morgan fingerprint density at radius 3 is 2.86 bits per heavy atom. The van der Waals surface area contributed by atoms with Crippen molar-refractivity contribution in [2.75, 3.05) is 26.0 Å². The molecule has 0 radical (unpaired) electrons. The van der Waals surface area contributed by atoms with Gasteiger partial charge in [0.1, 0.15) is 0 Å². The van der Waals surface area contributed by atoms with E-state index in [9.17, 15) is 9.90 Å². The first-order valence-corrected chi connectivity index (χ1v) is 8.62. The molecular formula is C16H23NO3S. The van der Waals surface area contributed by atoms with Crippen LogP contribution in [0.2, 0.25) is 0 Å². The van der Waals surface area contributed by atoms with E-state index in [0.29, 0.717) is 24.4 Å². The Labute approximate surface area is 130 Å². The number of hydrogen-bond acceptors (Lipinski definition) is 4. The molecule has 1 atom stereocenters. The summed E-state index contributed by atoms with van der Waals surface area (Å²) >= 11 is 1.56. The molecular weight excluding hydrogens is 286 g/mol. The van der Waals surface area contributed by atoms with Crippen LogP contribution in [0.3, 0.4) is 0 Å². The van der Waals surface area contributed by atoms with Crippen LogP contribution in [0.5, 0.6) is 0 Å². The third-order valence-corrected chi connectivity index (χ3v) is 4.68. The summed E-state index contributed by atoms with van der Waals surface area (Å²) in [5.41, 5.74) is 0.700. The predicted octanol–water partition coefficient (Wildman–Crippen LogP) is 2.32. The van der Waals surface area contributed by atoms with Crippen molar-refractivity contribution < 1.29 is 14.6 Å². The van der Waals surface area contributed by atoms with Gasteiger partial charge >= 0.3 is 0 Å². The largest absolute Gasteiger partial charge is 0.393 e. The summed E-state index contributed by atoms with van der Waals surface area (Å²) in [5.74, 6) is 0.230. The average Bonchev–Trinajstić information content (AvgIpc) is 2.55. The SMILES string of the molecule is CSc1ccccc1C(=O)NCC[C@@H](O)C1CCOCC1. The zero-order valence-corrected chi connectivity index (χ0v) is 13.2. The van der Waals surface area contributed by atoms with Crippen LogP contribution >= 0.6 is 11.8 Å². The topological polar surface area (TPSA) is 58.6 Å². The number of carbonyl (C=O) groups excluding carboxylic acids is 1. The molecule has 1 saturated heterocycles. The molecule has 1 aromatic carbocycles. The quantitative estimate of drug-likeness (QED) is 0.792. The van der Waals surface area contributed by atoms with Crippen molar-refractivity contribution in [2.24, 2.45) is 5.92 Å². The molecule has 0 spiro atoms. The number of nitrogens with one attached hydrogen (secondary N) is 1. The highest BCUT2D eigenvalue weighted by molar-refractivity contribution is 7.98. The Morgan fingerprint density at radius 1 is 1.43 bits per heavy atom. The Bertz CT molecular complexity index is 461. The van der Waals surface area contributed by atoms with Crippen molar-refractivity contribution in [1.29, 1.82) is 0 Å². The molecule has 0 saturated carbocycles. The number of carbonyl (C=O) groups is 1. The number of benzene rings is 1. The highest BCUT2D eigenvalue weighted by Crippen LogP contribution is 2.21. The van der Waals surface area contributed by atoms with Crippen LogP contribution in [0.15, 0.2) is 29.2 Å². The van der Waals surface area contributed by atoms with Gasteiger partial charge in [-0.15, -0.1) is 11.8 Å². The van der Waals surface area contributed by atoms with Crippen LogP contribution in [-0.2, 0) is 4.74 Å². The number of rotatable bonds is 6. The fourth-order valence-corrected chi connectivity index (χ4v) is 3.19. The molecule has 0 unspecified atom stereocenters. The second-order valence-electron chi connectivity index (χ2n) is 5.26. The Hall–Kier alpha value is -1.04. The van der Waals surface area contributed by atoms with Gasteiger partial charge in [-0.3, -0.25) is 4.79 Å². The van der Waals surface area contributed by atoms with Gasteiger partial charge in [-0.1, -0.05) is 12.1 Å². The number of hydrogen-bond donors (Lipinski definition) is 2. The Balaban J connectivity index is 1.78. The standard InChI is InChI=1S/C16H23NO3S/c1-21-15-5-3-2-4-13(15)16(19)17-9-6-14(18)12-7-10-20-11-8-12/h2-5,12,14,18H,6-11H2,1H3,(H,17,19)/t14-/m1/s1. The fourth-order valence-electron chi connectivity index (χ4n) is 2.60. The molecule has 1 heterocycles. The van der Waals surface area contributed by atoms with Gasteiger partial charge in [0, 0.05) is 24.7 Å². The van der Waals surface area contributed by atoms with Crippen molar-refractivity contribution in [3.8, 4) is 0 Å². The number of thioether (sulfide) groups is 1. The summed E-state index contributed by atoms with van der Waals surface area (Å²) in [6, 6.07) is 7.57. The van der Waals surface area contributed by atoms with E-state index in [1.165, 1.54) is 0 Å². The van der Waals surface area contributed by atoms with Crippen LogP contribution < -0.4 is 5.32 Å². The molecule has 1 aliphatic heterocycles. The van der Waals surface area contributed by atoms with Gasteiger partial charge in [0.25, 0.3) is 5.91 Å². The zero-order chi connectivity index (χ0) is 15.1. The van der Waals surface area contributed by atoms with E-state index in [-0.39, 0.29) is 12.0 Å². The molecule has 0 aromatic heterocycles. The molecule has 116 valence electrons. The first kappa shape index (κ1) is 16.3. The first-order valence-electron chi connectivity index (χ1n) is 7.39. The van der Waals surface area contributed by atoms with E-state index in [4.69, 9.17) is 4.74 Å². The predicted molar refractivity (Wildman–Crippen MR) is 84.7 cm³/mol. The maximum Gasteiger partial charge on any atom is 0.252 e. The van der Waals surface area contributed by atoms with Gasteiger partial charge in [0.15, 0.2) is 0 Å². The molecule has 5 heteroatoms. The fraction of sp³-hybridized carbons (Fsp3) is 0.562. The summed E-state index contributed by atoms with van der Waals surface area (Å²) < 4.78 is 5.29. The lowest BCUT2D eigenvalue weighted by molar-refractivity contribution is 0.00527. The Kier molecular flexibility index (Phi) is 6.54. The summed E-state index contributed by atoms with van der Waals surface area (Å²) in [5, 5.41) is 13.0. The van der Waals surface area contributed by atoms with Crippen molar-refractivity contribution in [3.05, 3.63) is 29.8 Å². The van der Waals surface area contributed by atoms with Crippen molar-refractivity contribution >= 4 is 17.7 Å². The zero-order valence-electron chi connectivity index (χ0n) is 12.4. The minimum Gasteiger partial charge on any atom is -0.393 e. The van der Waals surface area contributed by atoms with E-state index in [1.54, 1.807) is 11.8 Å². The second-order valence-corrected chi connectivity index (χ2v) is 6.11. The van der Waals surface area contributed by atoms with Gasteiger partial charge in [0.05, 0.1) is 11.7 Å². The Morgan fingerprint density at radius 2 is 2.14 bits per heavy atom. The van der Waals surface area contributed by atoms with Gasteiger partial charge < -0.3 is 15.2 Å². The lowest BCUT2D eigenvalue weighted by Gasteiger charge is -2.26. The molecule has 1 aromatic rings. The van der Waals surface area contributed by atoms with Crippen molar-refractivity contribution in [3.63, 3.8) is 0 Å². The van der Waals surface area contributed by atoms with Gasteiger partial charge in [0.2, 0.25) is 0 Å². The van der Waals surface area contributed by atoms with Crippen LogP contribution in [-0.4, -0.2) is 43.1 Å². The highest BCUT2D eigenvalue weighted by atomic mass is 32.2. The molecule has 0 bridgehead atoms. The van der Waals surface area contributed by atoms with E-state index >= 15 is 0 Å². The summed E-state index contributed by atoms with van der Waals surface area (Å²) in [4.78, 5) is 13.1. The van der Waals surface area contributed by atoms with Crippen LogP contribution in [0, 0.1) is 5.92 Å². The normalized spacial score (nSPS) is 17.4. The minimum atomic E-state index is -0.356. The number of amides is 1. The second kappa shape index (κ2) is 8.41.